The Morgan fingerprint density at radius 1 is 1.14 bits per heavy atom. The summed E-state index contributed by atoms with van der Waals surface area (Å²) in [5.74, 6) is 0.841. The first-order chi connectivity index (χ1) is 14.2. The number of nitrogens with one attached hydrogen (secondary N) is 2. The highest BCUT2D eigenvalue weighted by Gasteiger charge is 2.18. The predicted octanol–water partition coefficient (Wildman–Crippen LogP) is 2.22. The first-order valence-electron chi connectivity index (χ1n) is 10.6. The van der Waals surface area contributed by atoms with Gasteiger partial charge < -0.3 is 24.8 Å². The van der Waals surface area contributed by atoms with E-state index in [9.17, 15) is 9.59 Å². The summed E-state index contributed by atoms with van der Waals surface area (Å²) >= 11 is 0. The molecule has 156 valence electrons. The third kappa shape index (κ3) is 5.16. The summed E-state index contributed by atoms with van der Waals surface area (Å²) in [7, 11) is 0. The minimum atomic E-state index is 0.0739. The molecule has 29 heavy (non-hydrogen) atoms. The second-order valence-corrected chi connectivity index (χ2v) is 7.99. The molecule has 2 aliphatic heterocycles. The summed E-state index contributed by atoms with van der Waals surface area (Å²) in [6.07, 6.45) is 5.78. The fourth-order valence-corrected chi connectivity index (χ4v) is 4.20. The second-order valence-electron chi connectivity index (χ2n) is 7.99. The Balaban J connectivity index is 1.33. The highest BCUT2D eigenvalue weighted by Crippen LogP contribution is 2.22. The van der Waals surface area contributed by atoms with Gasteiger partial charge in [-0.15, -0.1) is 0 Å². The summed E-state index contributed by atoms with van der Waals surface area (Å²) in [5, 5.41) is 7.41. The SMILES string of the molecule is O=C(CCC1CCNCC1)Nc1ccc2c(ccn2CC(=O)N2CCOCC2)c1. The van der Waals surface area contributed by atoms with E-state index in [1.807, 2.05) is 39.9 Å². The van der Waals surface area contributed by atoms with Crippen molar-refractivity contribution < 1.29 is 14.3 Å². The molecule has 1 aromatic heterocycles. The first-order valence-corrected chi connectivity index (χ1v) is 10.6. The Hall–Kier alpha value is -2.38. The summed E-state index contributed by atoms with van der Waals surface area (Å²) in [4.78, 5) is 26.7. The van der Waals surface area contributed by atoms with Gasteiger partial charge in [0.2, 0.25) is 11.8 Å². The Morgan fingerprint density at radius 2 is 1.93 bits per heavy atom. The summed E-state index contributed by atoms with van der Waals surface area (Å²) in [5.41, 5.74) is 1.81. The largest absolute Gasteiger partial charge is 0.378 e. The summed E-state index contributed by atoms with van der Waals surface area (Å²) in [6.45, 7) is 4.99. The van der Waals surface area contributed by atoms with Gasteiger partial charge in [0.1, 0.15) is 6.54 Å². The molecule has 2 N–H and O–H groups in total. The topological polar surface area (TPSA) is 75.6 Å². The normalized spacial score (nSPS) is 18.1. The molecule has 1 aromatic carbocycles. The fraction of sp³-hybridized carbons (Fsp3) is 0.545. The molecule has 2 saturated heterocycles. The highest BCUT2D eigenvalue weighted by molar-refractivity contribution is 5.94. The molecule has 0 bridgehead atoms. The average molecular weight is 399 g/mol. The number of carbonyl (C=O) groups excluding carboxylic acids is 2. The molecular formula is C22H30N4O3. The van der Waals surface area contributed by atoms with Gasteiger partial charge in [0.05, 0.1) is 13.2 Å². The van der Waals surface area contributed by atoms with Crippen molar-refractivity contribution in [3.8, 4) is 0 Å². The first kappa shape index (κ1) is 19.9. The lowest BCUT2D eigenvalue weighted by Crippen LogP contribution is -2.42. The molecule has 0 aliphatic carbocycles. The number of nitrogens with zero attached hydrogens (tertiary/aromatic N) is 2. The number of benzene rings is 1. The van der Waals surface area contributed by atoms with Crippen LogP contribution in [0.5, 0.6) is 0 Å². The van der Waals surface area contributed by atoms with E-state index in [0.717, 1.165) is 48.9 Å². The van der Waals surface area contributed by atoms with Crippen LogP contribution in [0, 0.1) is 5.92 Å². The lowest BCUT2D eigenvalue weighted by atomic mass is 9.93. The van der Waals surface area contributed by atoms with Gasteiger partial charge in [0, 0.05) is 42.3 Å². The third-order valence-electron chi connectivity index (χ3n) is 5.96. The van der Waals surface area contributed by atoms with E-state index < -0.39 is 0 Å². The molecular weight excluding hydrogens is 368 g/mol. The number of anilines is 1. The van der Waals surface area contributed by atoms with Gasteiger partial charge in [-0.3, -0.25) is 9.59 Å². The van der Waals surface area contributed by atoms with Crippen LogP contribution in [0.2, 0.25) is 0 Å². The molecule has 3 heterocycles. The summed E-state index contributed by atoms with van der Waals surface area (Å²) in [6, 6.07) is 7.87. The van der Waals surface area contributed by atoms with Crippen LogP contribution in [0.1, 0.15) is 25.7 Å². The van der Waals surface area contributed by atoms with E-state index >= 15 is 0 Å². The van der Waals surface area contributed by atoms with Crippen LogP contribution < -0.4 is 10.6 Å². The molecule has 0 radical (unpaired) electrons. The standard InChI is InChI=1S/C22H30N4O3/c27-21(4-1-17-5-8-23-9-6-17)24-19-2-3-20-18(15-19)7-10-26(20)16-22(28)25-11-13-29-14-12-25/h2-3,7,10,15,17,23H,1,4-6,8-9,11-14,16H2,(H,24,27). The van der Waals surface area contributed by atoms with Gasteiger partial charge in [0.25, 0.3) is 0 Å². The van der Waals surface area contributed by atoms with E-state index in [1.165, 1.54) is 0 Å². The minimum Gasteiger partial charge on any atom is -0.378 e. The molecule has 2 aliphatic rings. The molecule has 0 spiro atoms. The molecule has 0 unspecified atom stereocenters. The highest BCUT2D eigenvalue weighted by atomic mass is 16.5. The van der Waals surface area contributed by atoms with Crippen molar-refractivity contribution in [3.63, 3.8) is 0 Å². The van der Waals surface area contributed by atoms with Gasteiger partial charge in [-0.1, -0.05) is 0 Å². The minimum absolute atomic E-state index is 0.0739. The molecule has 2 fully saturated rings. The zero-order valence-corrected chi connectivity index (χ0v) is 16.9. The number of carbonyl (C=O) groups is 2. The Labute approximate surface area is 171 Å². The number of morpholine rings is 1. The van der Waals surface area contributed by atoms with Crippen molar-refractivity contribution >= 4 is 28.4 Å². The van der Waals surface area contributed by atoms with Gasteiger partial charge in [-0.25, -0.2) is 0 Å². The van der Waals surface area contributed by atoms with Gasteiger partial charge in [-0.2, -0.15) is 0 Å². The second kappa shape index (κ2) is 9.41. The van der Waals surface area contributed by atoms with Crippen LogP contribution >= 0.6 is 0 Å². The van der Waals surface area contributed by atoms with Crippen molar-refractivity contribution in [2.75, 3.05) is 44.7 Å². The molecule has 2 amide bonds. The number of aromatic nitrogens is 1. The third-order valence-corrected chi connectivity index (χ3v) is 5.96. The Kier molecular flexibility index (Phi) is 6.46. The Morgan fingerprint density at radius 3 is 2.72 bits per heavy atom. The lowest BCUT2D eigenvalue weighted by molar-refractivity contribution is -0.135. The number of hydrogen-bond acceptors (Lipinski definition) is 4. The van der Waals surface area contributed by atoms with Gasteiger partial charge >= 0.3 is 0 Å². The fourth-order valence-electron chi connectivity index (χ4n) is 4.20. The quantitative estimate of drug-likeness (QED) is 0.782. The number of fused-ring (bicyclic) bond motifs is 1. The maximum atomic E-state index is 12.5. The monoisotopic (exact) mass is 398 g/mol. The van der Waals surface area contributed by atoms with Gasteiger partial charge in [-0.05, 0) is 62.5 Å². The van der Waals surface area contributed by atoms with Crippen molar-refractivity contribution in [2.45, 2.75) is 32.2 Å². The van der Waals surface area contributed by atoms with Crippen LogP contribution in [-0.2, 0) is 20.9 Å². The van der Waals surface area contributed by atoms with Crippen molar-refractivity contribution in [3.05, 3.63) is 30.5 Å². The maximum absolute atomic E-state index is 12.5. The van der Waals surface area contributed by atoms with Crippen LogP contribution in [0.3, 0.4) is 0 Å². The molecule has 0 atom stereocenters. The zero-order chi connectivity index (χ0) is 20.1. The van der Waals surface area contributed by atoms with Crippen LogP contribution in [0.15, 0.2) is 30.5 Å². The number of rotatable bonds is 6. The van der Waals surface area contributed by atoms with Crippen molar-refractivity contribution in [2.24, 2.45) is 5.92 Å². The van der Waals surface area contributed by atoms with Crippen LogP contribution in [-0.4, -0.2) is 60.7 Å². The van der Waals surface area contributed by atoms with Crippen molar-refractivity contribution in [1.82, 2.24) is 14.8 Å². The molecule has 7 nitrogen and oxygen atoms in total. The van der Waals surface area contributed by atoms with E-state index in [1.54, 1.807) is 0 Å². The average Bonchev–Trinajstić information content (AvgIpc) is 3.15. The number of ether oxygens (including phenoxy) is 1. The van der Waals surface area contributed by atoms with Crippen LogP contribution in [0.4, 0.5) is 5.69 Å². The smallest absolute Gasteiger partial charge is 0.242 e. The lowest BCUT2D eigenvalue weighted by Gasteiger charge is -2.27. The summed E-state index contributed by atoms with van der Waals surface area (Å²) < 4.78 is 7.28. The van der Waals surface area contributed by atoms with Crippen LogP contribution in [0.25, 0.3) is 10.9 Å². The number of amides is 2. The molecule has 4 rings (SSSR count). The van der Waals surface area contributed by atoms with Crippen molar-refractivity contribution in [1.29, 1.82) is 0 Å². The predicted molar refractivity (Wildman–Crippen MR) is 113 cm³/mol. The molecule has 7 heteroatoms. The number of hydrogen-bond donors (Lipinski definition) is 2. The van der Waals surface area contributed by atoms with Gasteiger partial charge in [0.15, 0.2) is 0 Å². The molecule has 2 aromatic rings. The molecule has 0 saturated carbocycles. The van der Waals surface area contributed by atoms with E-state index in [-0.39, 0.29) is 11.8 Å². The van der Waals surface area contributed by atoms with E-state index in [0.29, 0.717) is 45.2 Å². The van der Waals surface area contributed by atoms with E-state index in [2.05, 4.69) is 10.6 Å². The maximum Gasteiger partial charge on any atom is 0.242 e. The zero-order valence-electron chi connectivity index (χ0n) is 16.9. The number of piperidine rings is 1. The Bertz CT molecular complexity index is 851. The van der Waals surface area contributed by atoms with E-state index in [4.69, 9.17) is 4.74 Å².